The number of hydrogen-bond acceptors (Lipinski definition) is 12. The Morgan fingerprint density at radius 2 is 1.22 bits per heavy atom. The molecule has 2 aromatic carbocycles. The van der Waals surface area contributed by atoms with Crippen LogP contribution in [-0.2, 0) is 56.0 Å². The van der Waals surface area contributed by atoms with Crippen molar-refractivity contribution in [2.45, 2.75) is 125 Å². The van der Waals surface area contributed by atoms with Crippen molar-refractivity contribution in [2.24, 2.45) is 0 Å². The van der Waals surface area contributed by atoms with Crippen molar-refractivity contribution >= 4 is 39.9 Å². The first-order valence-corrected chi connectivity index (χ1v) is 23.7. The van der Waals surface area contributed by atoms with Crippen LogP contribution in [0.3, 0.4) is 0 Å². The zero-order valence-electron chi connectivity index (χ0n) is 35.9. The molecular formula is C46H61BrN4O12. The molecule has 4 amide bonds. The molecule has 2 spiro atoms. The number of alkyl halides is 1. The Morgan fingerprint density at radius 1 is 0.714 bits per heavy atom. The number of piperidine rings is 2. The van der Waals surface area contributed by atoms with Gasteiger partial charge in [-0.15, -0.1) is 0 Å². The molecule has 0 radical (unpaired) electrons. The lowest BCUT2D eigenvalue weighted by atomic mass is 9.83. The number of aliphatic hydroxyl groups is 1. The Balaban J connectivity index is 0.000000173. The van der Waals surface area contributed by atoms with Crippen molar-refractivity contribution in [3.8, 4) is 0 Å². The summed E-state index contributed by atoms with van der Waals surface area (Å²) in [5, 5.41) is 11.0. The van der Waals surface area contributed by atoms with Crippen molar-refractivity contribution in [3.63, 3.8) is 0 Å². The Labute approximate surface area is 377 Å². The molecule has 2 aliphatic carbocycles. The minimum absolute atomic E-state index is 0.0291. The summed E-state index contributed by atoms with van der Waals surface area (Å²) in [5.41, 5.74) is 1.92. The third-order valence-electron chi connectivity index (χ3n) is 13.6. The highest BCUT2D eigenvalue weighted by atomic mass is 79.9. The second-order valence-corrected chi connectivity index (χ2v) is 18.1. The predicted octanol–water partition coefficient (Wildman–Crippen LogP) is 4.98. The van der Waals surface area contributed by atoms with Crippen LogP contribution >= 0.6 is 15.9 Å². The molecule has 7 fully saturated rings. The molecule has 5 aliphatic heterocycles. The quantitative estimate of drug-likeness (QED) is 0.354. The molecule has 2 saturated carbocycles. The summed E-state index contributed by atoms with van der Waals surface area (Å²) in [7, 11) is 0. The summed E-state index contributed by atoms with van der Waals surface area (Å²) in [6.07, 6.45) is 5.45. The van der Waals surface area contributed by atoms with Crippen LogP contribution in [0.15, 0.2) is 60.7 Å². The molecule has 1 N–H and O–H groups in total. The van der Waals surface area contributed by atoms with Crippen LogP contribution in [0.2, 0.25) is 0 Å². The molecule has 4 atom stereocenters. The highest BCUT2D eigenvalue weighted by molar-refractivity contribution is 9.09. The van der Waals surface area contributed by atoms with E-state index in [0.717, 1.165) is 36.8 Å². The third-order valence-corrected chi connectivity index (χ3v) is 14.1. The average molecular weight is 942 g/mol. The summed E-state index contributed by atoms with van der Waals surface area (Å²) in [6.45, 7) is 5.11. The lowest BCUT2D eigenvalue weighted by molar-refractivity contribution is -0.225. The fraction of sp³-hybridized carbons (Fsp3) is 0.652. The molecule has 9 rings (SSSR count). The number of morpholine rings is 1. The van der Waals surface area contributed by atoms with E-state index in [1.165, 1.54) is 0 Å². The molecule has 5 saturated heterocycles. The average Bonchev–Trinajstić information content (AvgIpc) is 3.99. The highest BCUT2D eigenvalue weighted by Gasteiger charge is 2.52. The molecule has 16 nitrogen and oxygen atoms in total. The third kappa shape index (κ3) is 11.0. The minimum Gasteiger partial charge on any atom is -0.445 e. The van der Waals surface area contributed by atoms with Gasteiger partial charge >= 0.3 is 12.2 Å². The molecule has 2 aromatic rings. The van der Waals surface area contributed by atoms with E-state index in [4.69, 9.17) is 33.2 Å². The Morgan fingerprint density at radius 3 is 1.76 bits per heavy atom. The normalized spacial score (nSPS) is 27.1. The van der Waals surface area contributed by atoms with E-state index in [1.807, 2.05) is 70.5 Å². The van der Waals surface area contributed by atoms with Crippen LogP contribution in [-0.4, -0.2) is 161 Å². The summed E-state index contributed by atoms with van der Waals surface area (Å²) in [6, 6.07) is 18.9. The van der Waals surface area contributed by atoms with Crippen LogP contribution < -0.4 is 0 Å². The van der Waals surface area contributed by atoms with Gasteiger partial charge in [0.2, 0.25) is 11.8 Å². The van der Waals surface area contributed by atoms with Crippen molar-refractivity contribution in [3.05, 3.63) is 71.8 Å². The number of likely N-dealkylation sites (tertiary alicyclic amines) is 2. The minimum atomic E-state index is -0.698. The maximum atomic E-state index is 12.9. The van der Waals surface area contributed by atoms with Gasteiger partial charge in [0, 0.05) is 63.9 Å². The topological polar surface area (TPSA) is 166 Å². The first kappa shape index (κ1) is 45.7. The maximum Gasteiger partial charge on any atom is 0.410 e. The van der Waals surface area contributed by atoms with Crippen LogP contribution in [0.25, 0.3) is 0 Å². The van der Waals surface area contributed by atoms with Gasteiger partial charge in [-0.2, -0.15) is 0 Å². The van der Waals surface area contributed by atoms with Crippen LogP contribution in [0, 0.1) is 0 Å². The lowest BCUT2D eigenvalue weighted by Crippen LogP contribution is -2.64. The van der Waals surface area contributed by atoms with Gasteiger partial charge < -0.3 is 57.9 Å². The summed E-state index contributed by atoms with van der Waals surface area (Å²) < 4.78 is 40.4. The SMILES string of the molecule is O=C(OCc1ccccc1)N1CCC(N(C(=O)CBr)[C@H]2CC3(CC[C@@H]2O)OCCO3)CC1.O=C(OCc1ccccc1)N1CCC(N2C(=O)CO[C@H]3CCC4(C[C@@H]32)OCCO4)CC1. The fourth-order valence-corrected chi connectivity index (χ4v) is 10.7. The van der Waals surface area contributed by atoms with E-state index in [0.29, 0.717) is 91.1 Å². The number of fused-ring (bicyclic) bond motifs is 1. The number of carbonyl (C=O) groups is 4. The number of nitrogens with zero attached hydrogens (tertiary/aromatic N) is 4. The van der Waals surface area contributed by atoms with Crippen molar-refractivity contribution in [1.82, 2.24) is 19.6 Å². The molecule has 0 aromatic heterocycles. The van der Waals surface area contributed by atoms with Crippen molar-refractivity contribution < 1.29 is 57.4 Å². The predicted molar refractivity (Wildman–Crippen MR) is 230 cm³/mol. The zero-order valence-corrected chi connectivity index (χ0v) is 37.5. The highest BCUT2D eigenvalue weighted by Crippen LogP contribution is 2.42. The number of rotatable bonds is 8. The summed E-state index contributed by atoms with van der Waals surface area (Å²) in [4.78, 5) is 58.0. The second kappa shape index (κ2) is 21.0. The first-order valence-electron chi connectivity index (χ1n) is 22.6. The van der Waals surface area contributed by atoms with E-state index in [9.17, 15) is 24.3 Å². The van der Waals surface area contributed by atoms with Crippen LogP contribution in [0.1, 0.15) is 75.3 Å². The van der Waals surface area contributed by atoms with Gasteiger partial charge in [-0.25, -0.2) is 9.59 Å². The first-order chi connectivity index (χ1) is 30.6. The Kier molecular flexibility index (Phi) is 15.2. The molecule has 0 bridgehead atoms. The van der Waals surface area contributed by atoms with Gasteiger partial charge in [0.15, 0.2) is 11.6 Å². The van der Waals surface area contributed by atoms with Gasteiger partial charge in [0.1, 0.15) is 19.8 Å². The van der Waals surface area contributed by atoms with Gasteiger partial charge in [-0.3, -0.25) is 9.59 Å². The summed E-state index contributed by atoms with van der Waals surface area (Å²) >= 11 is 3.30. The summed E-state index contributed by atoms with van der Waals surface area (Å²) in [5.74, 6) is -1.30. The Bertz CT molecular complexity index is 1830. The van der Waals surface area contributed by atoms with Gasteiger partial charge in [-0.1, -0.05) is 76.6 Å². The number of ether oxygens (including phenoxy) is 7. The standard InChI is InChI=1S/C23H31BrN2O6.C23H30N2O6/c24-15-21(28)26(19-14-23(9-6-20(19)27)31-12-13-32-23)18-7-10-25(11-8-18)22(29)30-16-17-4-2-1-3-5-17;26-21-16-28-20-6-9-23(30-12-13-31-23)14-19(20)25(21)18-7-10-24(11-8-18)22(27)29-15-17-4-2-1-3-5-17/h1-5,18-20,27H,6-16H2;1-5,18-20H,6-16H2/t2*19-,20-/m00/s1. The van der Waals surface area contributed by atoms with E-state index in [2.05, 4.69) is 15.9 Å². The molecular weight excluding hydrogens is 880 g/mol. The molecule has 63 heavy (non-hydrogen) atoms. The molecule has 344 valence electrons. The number of amides is 4. The van der Waals surface area contributed by atoms with E-state index >= 15 is 0 Å². The van der Waals surface area contributed by atoms with E-state index in [-0.39, 0.29) is 79.4 Å². The van der Waals surface area contributed by atoms with E-state index < -0.39 is 17.7 Å². The maximum absolute atomic E-state index is 12.9. The zero-order chi connectivity index (χ0) is 43.8. The van der Waals surface area contributed by atoms with Crippen molar-refractivity contribution in [2.75, 3.05) is 64.5 Å². The number of benzene rings is 2. The number of aliphatic hydroxyl groups excluding tert-OH is 1. The second-order valence-electron chi connectivity index (χ2n) is 17.5. The molecule has 5 heterocycles. The number of hydrogen-bond donors (Lipinski definition) is 1. The van der Waals surface area contributed by atoms with Crippen LogP contribution in [0.5, 0.6) is 0 Å². The lowest BCUT2D eigenvalue weighted by Gasteiger charge is -2.51. The monoisotopic (exact) mass is 940 g/mol. The number of halogens is 1. The van der Waals surface area contributed by atoms with Gasteiger partial charge in [-0.05, 0) is 49.7 Å². The largest absolute Gasteiger partial charge is 0.445 e. The fourth-order valence-electron chi connectivity index (χ4n) is 10.4. The Hall–Kier alpha value is -3.84. The number of carbonyl (C=O) groups excluding carboxylic acids is 4. The van der Waals surface area contributed by atoms with Crippen molar-refractivity contribution in [1.29, 1.82) is 0 Å². The van der Waals surface area contributed by atoms with Crippen LogP contribution in [0.4, 0.5) is 9.59 Å². The molecule has 7 aliphatic rings. The van der Waals surface area contributed by atoms with E-state index in [1.54, 1.807) is 9.80 Å². The van der Waals surface area contributed by atoms with Gasteiger partial charge in [0.25, 0.3) is 0 Å². The smallest absolute Gasteiger partial charge is 0.410 e. The van der Waals surface area contributed by atoms with Gasteiger partial charge in [0.05, 0.1) is 56.0 Å². The molecule has 17 heteroatoms. The molecule has 0 unspecified atom stereocenters.